The molecule has 0 fully saturated rings. The van der Waals surface area contributed by atoms with Gasteiger partial charge in [-0.25, -0.2) is 4.79 Å². The molecule has 0 saturated carbocycles. The second-order valence-corrected chi connectivity index (χ2v) is 9.80. The summed E-state index contributed by atoms with van der Waals surface area (Å²) >= 11 is 0. The van der Waals surface area contributed by atoms with Crippen LogP contribution in [0.3, 0.4) is 0 Å². The Morgan fingerprint density at radius 2 is 1.43 bits per heavy atom. The summed E-state index contributed by atoms with van der Waals surface area (Å²) in [6, 6.07) is 9.73. The van der Waals surface area contributed by atoms with Crippen molar-refractivity contribution in [2.75, 3.05) is 6.54 Å². The minimum atomic E-state index is -1.55. The Balaban J connectivity index is 2.14. The molecule has 42 heavy (non-hydrogen) atoms. The highest BCUT2D eigenvalue weighted by Gasteiger charge is 2.32. The van der Waals surface area contributed by atoms with Gasteiger partial charge in [-0.2, -0.15) is 0 Å². The summed E-state index contributed by atoms with van der Waals surface area (Å²) in [5.41, 5.74) is 18.1. The molecule has 0 radical (unpaired) electrons. The molecule has 2 aromatic carbocycles. The first-order chi connectivity index (χ1) is 19.9. The predicted molar refractivity (Wildman–Crippen MR) is 155 cm³/mol. The van der Waals surface area contributed by atoms with Gasteiger partial charge in [-0.3, -0.25) is 19.4 Å². The minimum Gasteiger partial charge on any atom is -0.508 e. The van der Waals surface area contributed by atoms with E-state index in [-0.39, 0.29) is 43.9 Å². The molecule has 5 unspecified atom stereocenters. The van der Waals surface area contributed by atoms with E-state index in [1.807, 2.05) is 18.2 Å². The maximum atomic E-state index is 13.3. The van der Waals surface area contributed by atoms with E-state index in [9.17, 15) is 34.5 Å². The van der Waals surface area contributed by atoms with Crippen molar-refractivity contribution in [3.05, 3.63) is 65.7 Å². The van der Waals surface area contributed by atoms with Crippen LogP contribution >= 0.6 is 0 Å². The molecule has 0 aliphatic rings. The number of aliphatic hydroxyl groups is 1. The summed E-state index contributed by atoms with van der Waals surface area (Å²) in [6.07, 6.45) is -0.978. The first-order valence-electron chi connectivity index (χ1n) is 13.3. The first kappa shape index (κ1) is 33.5. The first-order valence-corrected chi connectivity index (χ1v) is 13.3. The number of nitrogens with zero attached hydrogens (tertiary/aromatic N) is 1. The highest BCUT2D eigenvalue weighted by Crippen LogP contribution is 2.12. The fourth-order valence-electron chi connectivity index (χ4n) is 4.00. The average molecular weight is 586 g/mol. The molecule has 0 spiro atoms. The number of aromatic hydroxyl groups is 1. The third-order valence-corrected chi connectivity index (χ3v) is 6.27. The Labute approximate surface area is 243 Å². The molecule has 2 aromatic rings. The van der Waals surface area contributed by atoms with Crippen LogP contribution < -0.4 is 33.2 Å². The number of phenolic OH excluding ortho intramolecular Hbond substituents is 1. The Kier molecular flexibility index (Phi) is 13.2. The van der Waals surface area contributed by atoms with Crippen molar-refractivity contribution in [1.82, 2.24) is 16.0 Å². The molecule has 3 amide bonds. The van der Waals surface area contributed by atoms with Gasteiger partial charge in [0.15, 0.2) is 5.96 Å². The SMILES string of the molecule is CC(O)C(NC(=O)C(CCCN=C(N)N)NC(=O)C(N)Cc1ccccc1)C(=O)NC(Cc1ccc(O)cc1)C(=O)O. The number of carbonyl (C=O) groups is 4. The van der Waals surface area contributed by atoms with Gasteiger partial charge in [-0.05, 0) is 49.4 Å². The summed E-state index contributed by atoms with van der Waals surface area (Å²) in [5, 5.41) is 36.7. The van der Waals surface area contributed by atoms with Gasteiger partial charge in [-0.1, -0.05) is 42.5 Å². The standard InChI is InChI=1S/C28H39N7O7/c1-16(36)23(26(40)34-22(27(41)42)15-18-9-11-19(37)12-10-18)35-25(39)21(8-5-13-32-28(30)31)33-24(38)20(29)14-17-6-3-2-4-7-17/h2-4,6-7,9-12,16,20-23,36-37H,5,8,13-15,29H2,1H3,(H,33,38)(H,34,40)(H,35,39)(H,41,42)(H4,30,31,32). The number of hydrogen-bond acceptors (Lipinski definition) is 8. The van der Waals surface area contributed by atoms with Gasteiger partial charge >= 0.3 is 5.97 Å². The lowest BCUT2D eigenvalue weighted by molar-refractivity contribution is -0.143. The van der Waals surface area contributed by atoms with Crippen LogP contribution in [0.4, 0.5) is 0 Å². The van der Waals surface area contributed by atoms with E-state index in [0.717, 1.165) is 5.56 Å². The Morgan fingerprint density at radius 3 is 2.00 bits per heavy atom. The second-order valence-electron chi connectivity index (χ2n) is 9.80. The Hall–Kier alpha value is -4.69. The van der Waals surface area contributed by atoms with E-state index in [2.05, 4.69) is 20.9 Å². The minimum absolute atomic E-state index is 0.00694. The number of amides is 3. The number of aliphatic hydroxyl groups excluding tert-OH is 1. The average Bonchev–Trinajstić information content (AvgIpc) is 2.93. The van der Waals surface area contributed by atoms with Crippen molar-refractivity contribution in [1.29, 1.82) is 0 Å². The van der Waals surface area contributed by atoms with E-state index in [4.69, 9.17) is 17.2 Å². The van der Waals surface area contributed by atoms with E-state index in [1.54, 1.807) is 12.1 Å². The summed E-state index contributed by atoms with van der Waals surface area (Å²) in [7, 11) is 0. The number of phenols is 1. The number of carboxylic acids is 1. The predicted octanol–water partition coefficient (Wildman–Crippen LogP) is -1.52. The summed E-state index contributed by atoms with van der Waals surface area (Å²) in [6.45, 7) is 1.41. The van der Waals surface area contributed by atoms with E-state index in [1.165, 1.54) is 31.2 Å². The molecular formula is C28H39N7O7. The third kappa shape index (κ3) is 11.4. The Bertz CT molecular complexity index is 1220. The number of rotatable bonds is 16. The molecular weight excluding hydrogens is 546 g/mol. The van der Waals surface area contributed by atoms with Crippen LogP contribution in [0.15, 0.2) is 59.6 Å². The quantitative estimate of drug-likeness (QED) is 0.0624. The molecule has 12 N–H and O–H groups in total. The van der Waals surface area contributed by atoms with Gasteiger partial charge < -0.3 is 48.5 Å². The van der Waals surface area contributed by atoms with Crippen LogP contribution in [0.25, 0.3) is 0 Å². The van der Waals surface area contributed by atoms with Crippen molar-refractivity contribution < 1.29 is 34.5 Å². The summed E-state index contributed by atoms with van der Waals surface area (Å²) in [5.74, 6) is -3.85. The normalized spacial score (nSPS) is 14.4. The number of nitrogens with two attached hydrogens (primary N) is 3. The molecule has 14 heteroatoms. The van der Waals surface area contributed by atoms with Crippen LogP contribution in [-0.4, -0.2) is 81.8 Å². The molecule has 0 saturated heterocycles. The monoisotopic (exact) mass is 585 g/mol. The fraction of sp³-hybridized carbons (Fsp3) is 0.393. The number of benzene rings is 2. The zero-order chi connectivity index (χ0) is 31.2. The summed E-state index contributed by atoms with van der Waals surface area (Å²) < 4.78 is 0. The molecule has 5 atom stereocenters. The van der Waals surface area contributed by atoms with Crippen molar-refractivity contribution in [3.63, 3.8) is 0 Å². The van der Waals surface area contributed by atoms with E-state index < -0.39 is 54.0 Å². The zero-order valence-electron chi connectivity index (χ0n) is 23.3. The topological polar surface area (TPSA) is 255 Å². The van der Waals surface area contributed by atoms with Gasteiger partial charge in [-0.15, -0.1) is 0 Å². The maximum absolute atomic E-state index is 13.3. The van der Waals surface area contributed by atoms with Crippen LogP contribution in [-0.2, 0) is 32.0 Å². The number of carboxylic acid groups (broad SMARTS) is 1. The van der Waals surface area contributed by atoms with Gasteiger partial charge in [0.1, 0.15) is 23.9 Å². The second kappa shape index (κ2) is 16.5. The molecule has 2 rings (SSSR count). The number of guanidine groups is 1. The maximum Gasteiger partial charge on any atom is 0.326 e. The number of carbonyl (C=O) groups excluding carboxylic acids is 3. The number of aliphatic carboxylic acids is 1. The van der Waals surface area contributed by atoms with Crippen molar-refractivity contribution in [2.24, 2.45) is 22.2 Å². The Morgan fingerprint density at radius 1 is 0.833 bits per heavy atom. The molecule has 0 bridgehead atoms. The summed E-state index contributed by atoms with van der Waals surface area (Å²) in [4.78, 5) is 54.9. The van der Waals surface area contributed by atoms with Crippen LogP contribution in [0.1, 0.15) is 30.9 Å². The number of nitrogens with one attached hydrogen (secondary N) is 3. The lowest BCUT2D eigenvalue weighted by Gasteiger charge is -2.26. The highest BCUT2D eigenvalue weighted by molar-refractivity contribution is 5.94. The molecule has 0 aliphatic carbocycles. The molecule has 0 aromatic heterocycles. The van der Waals surface area contributed by atoms with Gasteiger partial charge in [0.25, 0.3) is 0 Å². The van der Waals surface area contributed by atoms with Gasteiger partial charge in [0, 0.05) is 13.0 Å². The highest BCUT2D eigenvalue weighted by atomic mass is 16.4. The number of aliphatic imine (C=N–C) groups is 1. The van der Waals surface area contributed by atoms with Crippen LogP contribution in [0.5, 0.6) is 5.75 Å². The van der Waals surface area contributed by atoms with E-state index >= 15 is 0 Å². The lowest BCUT2D eigenvalue weighted by atomic mass is 10.0. The van der Waals surface area contributed by atoms with Crippen molar-refractivity contribution in [2.45, 2.75) is 62.9 Å². The van der Waals surface area contributed by atoms with Crippen LogP contribution in [0.2, 0.25) is 0 Å². The van der Waals surface area contributed by atoms with E-state index in [0.29, 0.717) is 5.56 Å². The smallest absolute Gasteiger partial charge is 0.326 e. The molecule has 14 nitrogen and oxygen atoms in total. The molecule has 228 valence electrons. The van der Waals surface area contributed by atoms with Crippen molar-refractivity contribution in [3.8, 4) is 5.75 Å². The van der Waals surface area contributed by atoms with Crippen molar-refractivity contribution >= 4 is 29.7 Å². The molecule has 0 heterocycles. The zero-order valence-corrected chi connectivity index (χ0v) is 23.3. The fourth-order valence-corrected chi connectivity index (χ4v) is 4.00. The third-order valence-electron chi connectivity index (χ3n) is 6.27. The van der Waals surface area contributed by atoms with Gasteiger partial charge in [0.2, 0.25) is 17.7 Å². The van der Waals surface area contributed by atoms with Gasteiger partial charge in [0.05, 0.1) is 12.1 Å². The molecule has 0 aliphatic heterocycles. The number of hydrogen-bond donors (Lipinski definition) is 9. The van der Waals surface area contributed by atoms with Crippen LogP contribution in [0, 0.1) is 0 Å². The lowest BCUT2D eigenvalue weighted by Crippen LogP contribution is -2.60. The largest absolute Gasteiger partial charge is 0.508 e.